The molecule has 0 fully saturated rings. The van der Waals surface area contributed by atoms with E-state index >= 15 is 0 Å². The lowest BCUT2D eigenvalue weighted by Crippen LogP contribution is -2.17. The van der Waals surface area contributed by atoms with E-state index in [4.69, 9.17) is 8.83 Å². The van der Waals surface area contributed by atoms with Gasteiger partial charge in [-0.3, -0.25) is 0 Å². The number of para-hydroxylation sites is 5. The Morgan fingerprint density at radius 3 is 1.83 bits per heavy atom. The van der Waals surface area contributed by atoms with Crippen LogP contribution >= 0.6 is 0 Å². The fourth-order valence-electron chi connectivity index (χ4n) is 8.33. The van der Waals surface area contributed by atoms with Gasteiger partial charge in [0.25, 0.3) is 0 Å². The first-order valence-corrected chi connectivity index (χ1v) is 17.9. The summed E-state index contributed by atoms with van der Waals surface area (Å²) in [6.45, 7) is 0. The molecule has 52 heavy (non-hydrogen) atoms. The molecule has 3 aromatic heterocycles. The maximum atomic E-state index is 6.68. The second-order valence-corrected chi connectivity index (χ2v) is 13.7. The van der Waals surface area contributed by atoms with Gasteiger partial charge in [-0.2, -0.15) is 0 Å². The predicted molar refractivity (Wildman–Crippen MR) is 215 cm³/mol. The van der Waals surface area contributed by atoms with E-state index in [1.807, 2.05) is 12.1 Å². The molecule has 3 heterocycles. The number of furan rings is 2. The molecule has 1 atom stereocenters. The first-order valence-electron chi connectivity index (χ1n) is 17.9. The number of anilines is 2. The molecular weight excluding hydrogens is 637 g/mol. The fraction of sp³-hybridized carbons (Fsp3) is 0.0417. The van der Waals surface area contributed by atoms with Crippen LogP contribution in [0.2, 0.25) is 0 Å². The monoisotopic (exact) mass is 668 g/mol. The molecule has 0 saturated carbocycles. The van der Waals surface area contributed by atoms with E-state index in [1.165, 1.54) is 27.4 Å². The fourth-order valence-corrected chi connectivity index (χ4v) is 8.33. The number of benzene rings is 7. The molecule has 0 amide bonds. The van der Waals surface area contributed by atoms with Crippen LogP contribution in [0.5, 0.6) is 0 Å². The molecule has 0 radical (unpaired) electrons. The van der Waals surface area contributed by atoms with Gasteiger partial charge in [-0.25, -0.2) is 0 Å². The van der Waals surface area contributed by atoms with E-state index in [1.54, 1.807) is 0 Å². The number of nitrogens with zero attached hydrogens (tertiary/aromatic N) is 2. The summed E-state index contributed by atoms with van der Waals surface area (Å²) in [6.07, 6.45) is 7.81. The normalized spacial score (nSPS) is 14.7. The summed E-state index contributed by atoms with van der Waals surface area (Å²) in [5, 5.41) is 7.04. The van der Waals surface area contributed by atoms with E-state index in [0.29, 0.717) is 0 Å². The smallest absolute Gasteiger partial charge is 0.139 e. The van der Waals surface area contributed by atoms with Gasteiger partial charge in [-0.1, -0.05) is 103 Å². The summed E-state index contributed by atoms with van der Waals surface area (Å²) in [5.74, 6) is 0.121. The van der Waals surface area contributed by atoms with Crippen molar-refractivity contribution in [3.8, 4) is 5.69 Å². The number of aromatic nitrogens is 1. The van der Waals surface area contributed by atoms with Crippen molar-refractivity contribution < 1.29 is 8.83 Å². The molecule has 0 saturated heterocycles. The molecule has 0 aliphatic heterocycles. The highest BCUT2D eigenvalue weighted by Gasteiger charge is 2.24. The van der Waals surface area contributed by atoms with Gasteiger partial charge in [0.2, 0.25) is 0 Å². The Hall–Kier alpha value is -6.78. The van der Waals surface area contributed by atoms with Crippen LogP contribution in [0, 0.1) is 0 Å². The van der Waals surface area contributed by atoms with E-state index in [-0.39, 0.29) is 5.92 Å². The zero-order chi connectivity index (χ0) is 34.2. The third-order valence-electron chi connectivity index (χ3n) is 10.7. The van der Waals surface area contributed by atoms with Crippen LogP contribution in [-0.2, 0) is 0 Å². The molecule has 1 aliphatic rings. The summed E-state index contributed by atoms with van der Waals surface area (Å²) in [4.78, 5) is 2.32. The van der Waals surface area contributed by atoms with Crippen molar-refractivity contribution in [2.75, 3.05) is 4.90 Å². The van der Waals surface area contributed by atoms with Crippen molar-refractivity contribution in [1.82, 2.24) is 4.57 Å². The maximum absolute atomic E-state index is 6.68. The predicted octanol–water partition coefficient (Wildman–Crippen LogP) is 13.3. The lowest BCUT2D eigenvalue weighted by atomic mass is 9.89. The third kappa shape index (κ3) is 4.41. The molecule has 1 aliphatic carbocycles. The van der Waals surface area contributed by atoms with E-state index in [9.17, 15) is 0 Å². The Kier molecular flexibility index (Phi) is 6.34. The molecule has 11 rings (SSSR count). The Morgan fingerprint density at radius 1 is 0.500 bits per heavy atom. The lowest BCUT2D eigenvalue weighted by molar-refractivity contribution is 0.656. The molecule has 7 aromatic carbocycles. The number of fused-ring (bicyclic) bond motifs is 9. The van der Waals surface area contributed by atoms with Gasteiger partial charge >= 0.3 is 0 Å². The first-order chi connectivity index (χ1) is 25.8. The summed E-state index contributed by atoms with van der Waals surface area (Å²) >= 11 is 0. The summed E-state index contributed by atoms with van der Waals surface area (Å²) in [5.41, 5.74) is 11.6. The van der Waals surface area contributed by atoms with E-state index < -0.39 is 0 Å². The SMILES string of the molecule is C1=CC(c2cc(-n3c4ccccc4c4ccccc43)cc3c2oc2ccccc23)CC=C1N(c1ccccc1)c1ccc2c(c1)oc1ccccc12. The molecule has 0 bridgehead atoms. The van der Waals surface area contributed by atoms with Crippen LogP contribution in [0.4, 0.5) is 11.4 Å². The van der Waals surface area contributed by atoms with Crippen molar-refractivity contribution >= 4 is 77.1 Å². The van der Waals surface area contributed by atoms with Gasteiger partial charge in [0.05, 0.1) is 11.0 Å². The second kappa shape index (κ2) is 11.4. The second-order valence-electron chi connectivity index (χ2n) is 13.7. The standard InChI is InChI=1S/C48H32N2O2/c1-2-12-32(13-3-1)49(34-26-27-40-38-16-6-10-20-45(38)51-47(40)30-34)33-24-22-31(23-25-33)41-28-35(29-42-39-17-7-11-21-46(39)52-48(41)42)50-43-18-8-4-14-36(43)37-15-5-9-19-44(37)50/h1-22,24-31H,23H2. The minimum Gasteiger partial charge on any atom is -0.456 e. The molecule has 0 N–H and O–H groups in total. The molecule has 246 valence electrons. The maximum Gasteiger partial charge on any atom is 0.139 e. The van der Waals surface area contributed by atoms with Crippen LogP contribution in [0.3, 0.4) is 0 Å². The molecule has 4 heteroatoms. The van der Waals surface area contributed by atoms with Gasteiger partial charge in [0.1, 0.15) is 22.3 Å². The first kappa shape index (κ1) is 29.0. The zero-order valence-corrected chi connectivity index (χ0v) is 28.2. The van der Waals surface area contributed by atoms with Crippen LogP contribution in [0.15, 0.2) is 190 Å². The van der Waals surface area contributed by atoms with Crippen molar-refractivity contribution in [1.29, 1.82) is 0 Å². The lowest BCUT2D eigenvalue weighted by Gasteiger charge is -2.29. The Bertz CT molecular complexity index is 3010. The Labute approximate surface area is 299 Å². The average Bonchev–Trinajstić information content (AvgIpc) is 3.88. The van der Waals surface area contributed by atoms with E-state index in [2.05, 4.69) is 173 Å². The van der Waals surface area contributed by atoms with Crippen molar-refractivity contribution in [2.24, 2.45) is 0 Å². The number of allylic oxidation sites excluding steroid dienone is 3. The third-order valence-corrected chi connectivity index (χ3v) is 10.7. The van der Waals surface area contributed by atoms with Gasteiger partial charge < -0.3 is 18.3 Å². The molecule has 4 nitrogen and oxygen atoms in total. The number of hydrogen-bond acceptors (Lipinski definition) is 3. The molecular formula is C48H32N2O2. The molecule has 0 spiro atoms. The summed E-state index contributed by atoms with van der Waals surface area (Å²) in [7, 11) is 0. The molecule has 10 aromatic rings. The highest BCUT2D eigenvalue weighted by atomic mass is 16.3. The minimum atomic E-state index is 0.121. The van der Waals surface area contributed by atoms with Crippen molar-refractivity contribution in [3.05, 3.63) is 187 Å². The largest absolute Gasteiger partial charge is 0.456 e. The van der Waals surface area contributed by atoms with Crippen LogP contribution in [0.1, 0.15) is 17.9 Å². The summed E-state index contributed by atoms with van der Waals surface area (Å²) in [6, 6.07) is 55.8. The summed E-state index contributed by atoms with van der Waals surface area (Å²) < 4.78 is 15.4. The van der Waals surface area contributed by atoms with Gasteiger partial charge in [0, 0.05) is 72.6 Å². The number of rotatable bonds is 5. The zero-order valence-electron chi connectivity index (χ0n) is 28.2. The van der Waals surface area contributed by atoms with Crippen molar-refractivity contribution in [3.63, 3.8) is 0 Å². The number of hydrogen-bond donors (Lipinski definition) is 0. The topological polar surface area (TPSA) is 34.5 Å². The Morgan fingerprint density at radius 2 is 1.12 bits per heavy atom. The van der Waals surface area contributed by atoms with Crippen molar-refractivity contribution in [2.45, 2.75) is 12.3 Å². The highest BCUT2D eigenvalue weighted by molar-refractivity contribution is 6.11. The van der Waals surface area contributed by atoms with Crippen LogP contribution in [-0.4, -0.2) is 4.57 Å². The Balaban J connectivity index is 1.05. The van der Waals surface area contributed by atoms with E-state index in [0.717, 1.165) is 73.1 Å². The van der Waals surface area contributed by atoms with Gasteiger partial charge in [0.15, 0.2) is 0 Å². The minimum absolute atomic E-state index is 0.121. The average molecular weight is 669 g/mol. The molecule has 1 unspecified atom stereocenters. The van der Waals surface area contributed by atoms with Crippen LogP contribution < -0.4 is 4.90 Å². The van der Waals surface area contributed by atoms with Crippen LogP contribution in [0.25, 0.3) is 71.4 Å². The van der Waals surface area contributed by atoms with Gasteiger partial charge in [-0.05, 0) is 73.2 Å². The quantitative estimate of drug-likeness (QED) is 0.183. The highest BCUT2D eigenvalue weighted by Crippen LogP contribution is 2.43. The van der Waals surface area contributed by atoms with Gasteiger partial charge in [-0.15, -0.1) is 0 Å².